The van der Waals surface area contributed by atoms with Gasteiger partial charge in [-0.05, 0) is 45.2 Å². The number of nitrogens with zero attached hydrogens (tertiary/aromatic N) is 1. The Bertz CT molecular complexity index is 490. The van der Waals surface area contributed by atoms with E-state index in [0.717, 1.165) is 12.0 Å². The molecule has 2 unspecified atom stereocenters. The summed E-state index contributed by atoms with van der Waals surface area (Å²) < 4.78 is 20.4. The molecule has 118 valence electrons. The van der Waals surface area contributed by atoms with Gasteiger partial charge in [0.05, 0.1) is 17.4 Å². The van der Waals surface area contributed by atoms with Crippen LogP contribution in [0.25, 0.3) is 0 Å². The van der Waals surface area contributed by atoms with E-state index < -0.39 is 0 Å². The molecule has 1 aliphatic heterocycles. The molecule has 4 heteroatoms. The van der Waals surface area contributed by atoms with E-state index in [2.05, 4.69) is 11.8 Å². The van der Waals surface area contributed by atoms with Gasteiger partial charge in [0, 0.05) is 19.1 Å². The first-order valence-corrected chi connectivity index (χ1v) is 7.78. The molecule has 3 nitrogen and oxygen atoms in total. The predicted molar refractivity (Wildman–Crippen MR) is 85.2 cm³/mol. The summed E-state index contributed by atoms with van der Waals surface area (Å²) in [7, 11) is 0. The Morgan fingerprint density at radius 2 is 2.19 bits per heavy atom. The van der Waals surface area contributed by atoms with Crippen molar-refractivity contribution < 1.29 is 9.13 Å². The van der Waals surface area contributed by atoms with Gasteiger partial charge in [-0.1, -0.05) is 19.1 Å². The first kappa shape index (κ1) is 16.2. The third-order valence-corrected chi connectivity index (χ3v) is 3.96. The van der Waals surface area contributed by atoms with Crippen molar-refractivity contribution in [2.75, 3.05) is 18.0 Å². The molecule has 1 aliphatic rings. The summed E-state index contributed by atoms with van der Waals surface area (Å²) >= 11 is 0. The summed E-state index contributed by atoms with van der Waals surface area (Å²) in [5.41, 5.74) is 7.49. The van der Waals surface area contributed by atoms with Gasteiger partial charge < -0.3 is 15.4 Å². The molecule has 0 saturated carbocycles. The largest absolute Gasteiger partial charge is 0.369 e. The summed E-state index contributed by atoms with van der Waals surface area (Å²) in [6.07, 6.45) is 1.68. The summed E-state index contributed by atoms with van der Waals surface area (Å²) in [6, 6.07) is 5.35. The Morgan fingerprint density at radius 3 is 2.81 bits per heavy atom. The highest BCUT2D eigenvalue weighted by Crippen LogP contribution is 2.31. The number of hydrogen-bond donors (Lipinski definition) is 1. The lowest BCUT2D eigenvalue weighted by atomic mass is 9.99. The van der Waals surface area contributed by atoms with Crippen LogP contribution < -0.4 is 10.6 Å². The van der Waals surface area contributed by atoms with Gasteiger partial charge in [-0.2, -0.15) is 0 Å². The molecular formula is C17H27FN2O. The molecule has 2 N–H and O–H groups in total. The molecule has 1 aromatic rings. The molecule has 0 aromatic heterocycles. The van der Waals surface area contributed by atoms with E-state index in [0.29, 0.717) is 25.2 Å². The number of hydrogen-bond acceptors (Lipinski definition) is 3. The van der Waals surface area contributed by atoms with Crippen LogP contribution in [-0.4, -0.2) is 30.8 Å². The maximum Gasteiger partial charge on any atom is 0.146 e. The van der Waals surface area contributed by atoms with Crippen molar-refractivity contribution in [1.82, 2.24) is 0 Å². The fourth-order valence-electron chi connectivity index (χ4n) is 3.13. The van der Waals surface area contributed by atoms with E-state index in [1.165, 1.54) is 6.07 Å². The quantitative estimate of drug-likeness (QED) is 0.927. The minimum Gasteiger partial charge on any atom is -0.369 e. The third-order valence-electron chi connectivity index (χ3n) is 3.96. The van der Waals surface area contributed by atoms with E-state index in [1.54, 1.807) is 6.07 Å². The maximum absolute atomic E-state index is 14.4. The highest BCUT2D eigenvalue weighted by Gasteiger charge is 2.33. The van der Waals surface area contributed by atoms with E-state index in [-0.39, 0.29) is 23.6 Å². The summed E-state index contributed by atoms with van der Waals surface area (Å²) in [6.45, 7) is 9.59. The Kier molecular flexibility index (Phi) is 4.89. The van der Waals surface area contributed by atoms with Gasteiger partial charge in [0.1, 0.15) is 5.82 Å². The minimum absolute atomic E-state index is 0.0667. The maximum atomic E-state index is 14.4. The fourth-order valence-corrected chi connectivity index (χ4v) is 3.13. The van der Waals surface area contributed by atoms with Gasteiger partial charge in [0.15, 0.2) is 0 Å². The standard InChI is InChI=1S/C17H27FN2O/c1-5-14(19)9-13-7-6-8-15(18)16(13)20-10-12(2)21-17(3,4)11-20/h6-8,12,14H,5,9-11,19H2,1-4H3. The molecule has 0 bridgehead atoms. The fraction of sp³-hybridized carbons (Fsp3) is 0.647. The van der Waals surface area contributed by atoms with Gasteiger partial charge in [-0.25, -0.2) is 4.39 Å². The number of para-hydroxylation sites is 1. The summed E-state index contributed by atoms with van der Waals surface area (Å²) in [5, 5.41) is 0. The van der Waals surface area contributed by atoms with Crippen LogP contribution in [0.15, 0.2) is 18.2 Å². The third kappa shape index (κ3) is 3.95. The summed E-state index contributed by atoms with van der Waals surface area (Å²) in [4.78, 5) is 2.11. The smallest absolute Gasteiger partial charge is 0.146 e. The molecule has 0 spiro atoms. The van der Waals surface area contributed by atoms with Crippen LogP contribution in [0.5, 0.6) is 0 Å². The zero-order valence-electron chi connectivity index (χ0n) is 13.5. The van der Waals surface area contributed by atoms with Crippen LogP contribution in [0.2, 0.25) is 0 Å². The second kappa shape index (κ2) is 6.32. The van der Waals surface area contributed by atoms with Crippen molar-refractivity contribution in [2.24, 2.45) is 5.73 Å². The first-order valence-electron chi connectivity index (χ1n) is 7.78. The average molecular weight is 294 g/mol. The molecule has 0 aliphatic carbocycles. The van der Waals surface area contributed by atoms with Crippen LogP contribution in [0.3, 0.4) is 0 Å². The second-order valence-corrected chi connectivity index (χ2v) is 6.69. The minimum atomic E-state index is -0.274. The number of rotatable bonds is 4. The van der Waals surface area contributed by atoms with Crippen LogP contribution >= 0.6 is 0 Å². The Balaban J connectivity index is 2.33. The number of morpholine rings is 1. The number of anilines is 1. The van der Waals surface area contributed by atoms with Crippen molar-refractivity contribution in [1.29, 1.82) is 0 Å². The predicted octanol–water partition coefficient (Wildman–Crippen LogP) is 3.11. The molecule has 0 radical (unpaired) electrons. The van der Waals surface area contributed by atoms with Gasteiger partial charge in [0.25, 0.3) is 0 Å². The lowest BCUT2D eigenvalue weighted by molar-refractivity contribution is -0.0751. The van der Waals surface area contributed by atoms with Gasteiger partial charge in [0.2, 0.25) is 0 Å². The monoisotopic (exact) mass is 294 g/mol. The first-order chi connectivity index (χ1) is 9.82. The van der Waals surface area contributed by atoms with Crippen molar-refractivity contribution in [3.8, 4) is 0 Å². The molecule has 2 atom stereocenters. The molecule has 1 saturated heterocycles. The van der Waals surface area contributed by atoms with E-state index in [1.807, 2.05) is 26.8 Å². The van der Waals surface area contributed by atoms with E-state index in [4.69, 9.17) is 10.5 Å². The van der Waals surface area contributed by atoms with Crippen molar-refractivity contribution in [2.45, 2.75) is 58.3 Å². The molecular weight excluding hydrogens is 267 g/mol. The highest BCUT2D eigenvalue weighted by molar-refractivity contribution is 5.56. The molecule has 1 fully saturated rings. The number of benzene rings is 1. The number of nitrogens with two attached hydrogens (primary N) is 1. The highest BCUT2D eigenvalue weighted by atomic mass is 19.1. The Hall–Kier alpha value is -1.13. The van der Waals surface area contributed by atoms with Gasteiger partial charge in [-0.15, -0.1) is 0 Å². The molecule has 2 rings (SSSR count). The van der Waals surface area contributed by atoms with Crippen molar-refractivity contribution in [3.63, 3.8) is 0 Å². The number of ether oxygens (including phenoxy) is 1. The Labute approximate surface area is 127 Å². The lowest BCUT2D eigenvalue weighted by Gasteiger charge is -2.43. The summed E-state index contributed by atoms with van der Waals surface area (Å²) in [5.74, 6) is -0.166. The van der Waals surface area contributed by atoms with Crippen molar-refractivity contribution >= 4 is 5.69 Å². The van der Waals surface area contributed by atoms with Crippen LogP contribution in [-0.2, 0) is 11.2 Å². The molecule has 1 aromatic carbocycles. The van der Waals surface area contributed by atoms with Gasteiger partial charge in [-0.3, -0.25) is 0 Å². The van der Waals surface area contributed by atoms with Gasteiger partial charge >= 0.3 is 0 Å². The van der Waals surface area contributed by atoms with Crippen LogP contribution in [0, 0.1) is 5.82 Å². The zero-order valence-corrected chi connectivity index (χ0v) is 13.5. The SMILES string of the molecule is CCC(N)Cc1cccc(F)c1N1CC(C)OC(C)(C)C1. The van der Waals surface area contributed by atoms with E-state index in [9.17, 15) is 4.39 Å². The Morgan fingerprint density at radius 1 is 1.48 bits per heavy atom. The second-order valence-electron chi connectivity index (χ2n) is 6.69. The van der Waals surface area contributed by atoms with E-state index >= 15 is 0 Å². The number of halogens is 1. The zero-order chi connectivity index (χ0) is 15.6. The van der Waals surface area contributed by atoms with Crippen LogP contribution in [0.4, 0.5) is 10.1 Å². The molecule has 1 heterocycles. The normalized spacial score (nSPS) is 23.1. The molecule has 0 amide bonds. The topological polar surface area (TPSA) is 38.5 Å². The lowest BCUT2D eigenvalue weighted by Crippen LogP contribution is -2.52. The average Bonchev–Trinajstić information content (AvgIpc) is 2.36. The van der Waals surface area contributed by atoms with Crippen molar-refractivity contribution in [3.05, 3.63) is 29.6 Å². The van der Waals surface area contributed by atoms with Crippen LogP contribution in [0.1, 0.15) is 39.7 Å². The molecule has 21 heavy (non-hydrogen) atoms.